The molecule has 0 amide bonds. The second kappa shape index (κ2) is 5.29. The van der Waals surface area contributed by atoms with E-state index in [-0.39, 0.29) is 18.3 Å². The minimum Gasteiger partial charge on any atom is -0.399 e. The molecule has 0 atom stereocenters. The maximum absolute atomic E-state index is 9.27. The summed E-state index contributed by atoms with van der Waals surface area (Å²) < 4.78 is 12.2. The molecular formula is C17H23BN2O2. The lowest BCUT2D eigenvalue weighted by Gasteiger charge is -2.32. The smallest absolute Gasteiger partial charge is 0.399 e. The van der Waals surface area contributed by atoms with Crippen LogP contribution < -0.4 is 10.8 Å². The minimum absolute atomic E-state index is 0.354. The molecule has 2 aliphatic rings. The zero-order valence-electron chi connectivity index (χ0n) is 13.8. The van der Waals surface area contributed by atoms with Crippen molar-refractivity contribution < 1.29 is 9.31 Å². The number of anilines is 1. The van der Waals surface area contributed by atoms with E-state index < -0.39 is 0 Å². The fourth-order valence-electron chi connectivity index (χ4n) is 2.51. The summed E-state index contributed by atoms with van der Waals surface area (Å²) in [7, 11) is -0.390. The van der Waals surface area contributed by atoms with Gasteiger partial charge in [-0.15, -0.1) is 0 Å². The Kier molecular flexibility index (Phi) is 3.70. The third-order valence-electron chi connectivity index (χ3n) is 4.97. The van der Waals surface area contributed by atoms with Gasteiger partial charge in [-0.25, -0.2) is 0 Å². The van der Waals surface area contributed by atoms with Crippen LogP contribution >= 0.6 is 0 Å². The zero-order chi connectivity index (χ0) is 16.0. The van der Waals surface area contributed by atoms with E-state index in [1.54, 1.807) is 0 Å². The average molecular weight is 298 g/mol. The predicted molar refractivity (Wildman–Crippen MR) is 88.1 cm³/mol. The summed E-state index contributed by atoms with van der Waals surface area (Å²) in [4.78, 5) is 0. The molecule has 1 aliphatic heterocycles. The number of hydrogen-bond donors (Lipinski definition) is 1. The lowest BCUT2D eigenvalue weighted by molar-refractivity contribution is 0.00578. The molecule has 1 saturated heterocycles. The first-order valence-corrected chi connectivity index (χ1v) is 7.96. The lowest BCUT2D eigenvalue weighted by Crippen LogP contribution is -2.41. The quantitative estimate of drug-likeness (QED) is 0.868. The van der Waals surface area contributed by atoms with Crippen LogP contribution in [0.15, 0.2) is 18.2 Å². The van der Waals surface area contributed by atoms with Gasteiger partial charge < -0.3 is 14.6 Å². The van der Waals surface area contributed by atoms with Gasteiger partial charge in [0.1, 0.15) is 6.07 Å². The largest absolute Gasteiger partial charge is 0.494 e. The van der Waals surface area contributed by atoms with E-state index in [0.717, 1.165) is 23.6 Å². The first kappa shape index (κ1) is 15.4. The van der Waals surface area contributed by atoms with Crippen molar-refractivity contribution in [2.24, 2.45) is 5.92 Å². The molecule has 0 radical (unpaired) electrons. The highest BCUT2D eigenvalue weighted by atomic mass is 16.7. The van der Waals surface area contributed by atoms with E-state index in [2.05, 4.69) is 11.4 Å². The number of nitrogens with one attached hydrogen (secondary N) is 1. The zero-order valence-corrected chi connectivity index (χ0v) is 13.8. The molecule has 1 aromatic rings. The van der Waals surface area contributed by atoms with Gasteiger partial charge >= 0.3 is 7.12 Å². The Balaban J connectivity index is 1.82. The summed E-state index contributed by atoms with van der Waals surface area (Å²) >= 11 is 0. The van der Waals surface area contributed by atoms with Crippen molar-refractivity contribution in [2.45, 2.75) is 51.7 Å². The summed E-state index contributed by atoms with van der Waals surface area (Å²) in [5.41, 5.74) is 1.79. The maximum atomic E-state index is 9.27. The number of nitriles is 1. The van der Waals surface area contributed by atoms with E-state index in [9.17, 15) is 5.26 Å². The fourth-order valence-corrected chi connectivity index (χ4v) is 2.51. The van der Waals surface area contributed by atoms with Crippen LogP contribution in [0.1, 0.15) is 46.1 Å². The summed E-state index contributed by atoms with van der Waals surface area (Å²) in [5, 5.41) is 12.7. The molecule has 1 N–H and O–H groups in total. The van der Waals surface area contributed by atoms with E-state index in [0.29, 0.717) is 5.56 Å². The second-order valence-electron chi connectivity index (χ2n) is 7.33. The second-order valence-corrected chi connectivity index (χ2v) is 7.33. The molecule has 1 aliphatic carbocycles. The molecule has 0 spiro atoms. The molecule has 0 aromatic heterocycles. The van der Waals surface area contributed by atoms with E-state index in [4.69, 9.17) is 9.31 Å². The number of rotatable bonds is 4. The molecule has 1 aromatic carbocycles. The van der Waals surface area contributed by atoms with E-state index in [1.807, 2.05) is 45.9 Å². The van der Waals surface area contributed by atoms with E-state index >= 15 is 0 Å². The van der Waals surface area contributed by atoms with Crippen LogP contribution in [0.2, 0.25) is 0 Å². The van der Waals surface area contributed by atoms with Crippen molar-refractivity contribution in [1.29, 1.82) is 5.26 Å². The molecule has 22 heavy (non-hydrogen) atoms. The Morgan fingerprint density at radius 1 is 1.23 bits per heavy atom. The first-order valence-electron chi connectivity index (χ1n) is 7.96. The van der Waals surface area contributed by atoms with Gasteiger partial charge in [-0.1, -0.05) is 6.07 Å². The maximum Gasteiger partial charge on any atom is 0.494 e. The third kappa shape index (κ3) is 2.86. The van der Waals surface area contributed by atoms with Gasteiger partial charge in [0.05, 0.1) is 22.5 Å². The van der Waals surface area contributed by atoms with Gasteiger partial charge in [-0.05, 0) is 64.1 Å². The van der Waals surface area contributed by atoms with Crippen LogP contribution in [0.3, 0.4) is 0 Å². The Hall–Kier alpha value is -1.51. The average Bonchev–Trinajstić information content (AvgIpc) is 3.24. The molecule has 1 heterocycles. The molecule has 2 fully saturated rings. The van der Waals surface area contributed by atoms with Crippen molar-refractivity contribution in [3.8, 4) is 6.07 Å². The van der Waals surface area contributed by atoms with Gasteiger partial charge in [-0.2, -0.15) is 5.26 Å². The summed E-state index contributed by atoms with van der Waals surface area (Å²) in [6.45, 7) is 9.11. The fraction of sp³-hybridized carbons (Fsp3) is 0.588. The number of nitrogens with zero attached hydrogens (tertiary/aromatic N) is 1. The van der Waals surface area contributed by atoms with Crippen LogP contribution in [-0.2, 0) is 9.31 Å². The van der Waals surface area contributed by atoms with Crippen molar-refractivity contribution >= 4 is 18.3 Å². The summed E-state index contributed by atoms with van der Waals surface area (Å²) in [6.07, 6.45) is 2.57. The van der Waals surface area contributed by atoms with Gasteiger partial charge in [-0.3, -0.25) is 0 Å². The molecule has 3 rings (SSSR count). The number of benzene rings is 1. The SMILES string of the molecule is CC1(C)OB(c2ccc(C#N)c(NCC3CC3)c2)OC1(C)C. The van der Waals surface area contributed by atoms with Gasteiger partial charge in [0.15, 0.2) is 0 Å². The third-order valence-corrected chi connectivity index (χ3v) is 4.97. The molecule has 116 valence electrons. The Labute approximate surface area is 132 Å². The Bertz CT molecular complexity index is 602. The highest BCUT2D eigenvalue weighted by molar-refractivity contribution is 6.62. The lowest BCUT2D eigenvalue weighted by atomic mass is 9.78. The van der Waals surface area contributed by atoms with Gasteiger partial charge in [0.2, 0.25) is 0 Å². The highest BCUT2D eigenvalue weighted by Crippen LogP contribution is 2.36. The summed E-state index contributed by atoms with van der Waals surface area (Å²) in [5.74, 6) is 0.757. The van der Waals surface area contributed by atoms with Crippen molar-refractivity contribution in [2.75, 3.05) is 11.9 Å². The molecular weight excluding hydrogens is 275 g/mol. The van der Waals surface area contributed by atoms with Crippen molar-refractivity contribution in [1.82, 2.24) is 0 Å². The molecule has 4 nitrogen and oxygen atoms in total. The minimum atomic E-state index is -0.390. The normalized spacial score (nSPS) is 22.4. The molecule has 0 bridgehead atoms. The first-order chi connectivity index (χ1) is 10.3. The van der Waals surface area contributed by atoms with Gasteiger partial charge in [0.25, 0.3) is 0 Å². The van der Waals surface area contributed by atoms with Crippen molar-refractivity contribution in [3.05, 3.63) is 23.8 Å². The molecule has 1 saturated carbocycles. The highest BCUT2D eigenvalue weighted by Gasteiger charge is 2.51. The van der Waals surface area contributed by atoms with Crippen LogP contribution in [0, 0.1) is 17.2 Å². The van der Waals surface area contributed by atoms with Crippen LogP contribution in [0.25, 0.3) is 0 Å². The molecule has 5 heteroatoms. The Morgan fingerprint density at radius 3 is 2.41 bits per heavy atom. The van der Waals surface area contributed by atoms with Crippen LogP contribution in [0.5, 0.6) is 0 Å². The Morgan fingerprint density at radius 2 is 1.86 bits per heavy atom. The topological polar surface area (TPSA) is 54.3 Å². The van der Waals surface area contributed by atoms with Gasteiger partial charge in [0, 0.05) is 6.54 Å². The summed E-state index contributed by atoms with van der Waals surface area (Å²) in [6, 6.07) is 8.00. The van der Waals surface area contributed by atoms with Crippen LogP contribution in [0.4, 0.5) is 5.69 Å². The van der Waals surface area contributed by atoms with Crippen molar-refractivity contribution in [3.63, 3.8) is 0 Å². The van der Waals surface area contributed by atoms with Crippen LogP contribution in [-0.4, -0.2) is 24.9 Å². The number of hydrogen-bond acceptors (Lipinski definition) is 4. The molecule has 0 unspecified atom stereocenters. The standard InChI is InChI=1S/C17H23BN2O2/c1-16(2)17(3,4)22-18(21-16)14-8-7-13(10-19)15(9-14)20-11-12-5-6-12/h7-9,12,20H,5-6,11H2,1-4H3. The monoisotopic (exact) mass is 298 g/mol. The van der Waals surface area contributed by atoms with E-state index in [1.165, 1.54) is 12.8 Å². The predicted octanol–water partition coefficient (Wildman–Crippen LogP) is 2.68.